The van der Waals surface area contributed by atoms with Crippen LogP contribution in [0.15, 0.2) is 42.5 Å². The number of amides is 1. The molecule has 0 aromatic heterocycles. The molecular formula is C21H17F6N3O4. The highest BCUT2D eigenvalue weighted by atomic mass is 19.4. The summed E-state index contributed by atoms with van der Waals surface area (Å²) in [5.74, 6) is 0.228. The molecule has 2 aromatic rings. The van der Waals surface area contributed by atoms with Gasteiger partial charge in [-0.25, -0.2) is 4.79 Å². The van der Waals surface area contributed by atoms with Crippen molar-refractivity contribution in [3.63, 3.8) is 0 Å². The van der Waals surface area contributed by atoms with Crippen molar-refractivity contribution in [1.82, 2.24) is 0 Å². The first-order valence-corrected chi connectivity index (χ1v) is 9.61. The molecule has 2 aromatic carbocycles. The number of anilines is 2. The number of nitrogens with zero attached hydrogens (tertiary/aromatic N) is 3. The van der Waals surface area contributed by atoms with Gasteiger partial charge in [-0.05, 0) is 42.5 Å². The molecule has 1 saturated heterocycles. The van der Waals surface area contributed by atoms with Crippen molar-refractivity contribution in [1.29, 1.82) is 5.26 Å². The minimum absolute atomic E-state index is 0.228. The van der Waals surface area contributed by atoms with Crippen LogP contribution in [-0.4, -0.2) is 49.9 Å². The minimum atomic E-state index is -4.93. The Morgan fingerprint density at radius 3 is 2.38 bits per heavy atom. The average Bonchev–Trinajstić information content (AvgIpc) is 3.21. The van der Waals surface area contributed by atoms with E-state index >= 15 is 0 Å². The van der Waals surface area contributed by atoms with Gasteiger partial charge in [0.25, 0.3) is 0 Å². The van der Waals surface area contributed by atoms with E-state index in [9.17, 15) is 31.1 Å². The van der Waals surface area contributed by atoms with Crippen LogP contribution >= 0.6 is 0 Å². The van der Waals surface area contributed by atoms with Crippen LogP contribution in [0.3, 0.4) is 0 Å². The molecule has 1 fully saturated rings. The lowest BCUT2D eigenvalue weighted by atomic mass is 10.1. The highest BCUT2D eigenvalue weighted by molar-refractivity contribution is 5.85. The van der Waals surface area contributed by atoms with Gasteiger partial charge in [0.2, 0.25) is 6.23 Å². The fraction of sp³-hybridized carbons (Fsp3) is 0.333. The number of hydrogen-bond acceptors (Lipinski definition) is 5. The van der Waals surface area contributed by atoms with Crippen LogP contribution in [0.1, 0.15) is 11.1 Å². The molecule has 1 N–H and O–H groups in total. The first-order valence-electron chi connectivity index (χ1n) is 9.61. The van der Waals surface area contributed by atoms with Crippen molar-refractivity contribution in [2.75, 3.05) is 30.0 Å². The molecule has 1 heterocycles. The lowest BCUT2D eigenvalue weighted by Gasteiger charge is -2.27. The number of benzene rings is 2. The summed E-state index contributed by atoms with van der Waals surface area (Å²) in [6.45, 7) is -0.771. The van der Waals surface area contributed by atoms with E-state index in [1.165, 1.54) is 37.4 Å². The molecule has 13 heteroatoms. The molecule has 0 spiro atoms. The Hall–Kier alpha value is -3.66. The number of hydrogen-bond donors (Lipinski definition) is 1. The van der Waals surface area contributed by atoms with E-state index in [1.54, 1.807) is 0 Å². The largest absolute Gasteiger partial charge is 0.491 e. The summed E-state index contributed by atoms with van der Waals surface area (Å²) in [6.07, 6.45) is -14.7. The van der Waals surface area contributed by atoms with Crippen LogP contribution in [0, 0.1) is 11.3 Å². The Balaban J connectivity index is 1.77. The zero-order valence-corrected chi connectivity index (χ0v) is 17.4. The Morgan fingerprint density at radius 2 is 1.85 bits per heavy atom. The standard InChI is InChI=1S/C21H17F6N3O4/c1-29(19(31)32)13-4-6-15(7-5-13)33-11-16-10-30(18(34-16)21(25,26)27)14-3-2-12(9-28)17(8-14)20(22,23)24/h2-8,16,18H,10-11H2,1H3,(H,31,32)/t16-,18+/m0/s1. The summed E-state index contributed by atoms with van der Waals surface area (Å²) < 4.78 is 90.9. The second-order valence-corrected chi connectivity index (χ2v) is 7.29. The maximum atomic E-state index is 13.6. The van der Waals surface area contributed by atoms with Gasteiger partial charge in [0.15, 0.2) is 0 Å². The highest BCUT2D eigenvalue weighted by Crippen LogP contribution is 2.39. The maximum Gasteiger partial charge on any atom is 0.433 e. The minimum Gasteiger partial charge on any atom is -0.491 e. The summed E-state index contributed by atoms with van der Waals surface area (Å²) in [5.41, 5.74) is -2.13. The molecule has 7 nitrogen and oxygen atoms in total. The second kappa shape index (κ2) is 9.30. The fourth-order valence-corrected chi connectivity index (χ4v) is 3.31. The van der Waals surface area contributed by atoms with Gasteiger partial charge in [-0.15, -0.1) is 0 Å². The Kier molecular flexibility index (Phi) is 6.83. The number of alkyl halides is 6. The molecule has 182 valence electrons. The molecule has 1 aliphatic rings. The van der Waals surface area contributed by atoms with Crippen LogP contribution in [-0.2, 0) is 10.9 Å². The first-order chi connectivity index (χ1) is 15.8. The third-order valence-corrected chi connectivity index (χ3v) is 4.99. The molecule has 34 heavy (non-hydrogen) atoms. The smallest absolute Gasteiger partial charge is 0.433 e. The van der Waals surface area contributed by atoms with E-state index in [1.807, 2.05) is 0 Å². The predicted molar refractivity (Wildman–Crippen MR) is 107 cm³/mol. The van der Waals surface area contributed by atoms with Gasteiger partial charge in [-0.2, -0.15) is 31.6 Å². The number of rotatable bonds is 5. The molecule has 0 bridgehead atoms. The molecule has 0 aliphatic carbocycles. The van der Waals surface area contributed by atoms with Crippen LogP contribution < -0.4 is 14.5 Å². The first kappa shape index (κ1) is 25.0. The number of nitriles is 1. The van der Waals surface area contributed by atoms with Crippen LogP contribution in [0.5, 0.6) is 5.75 Å². The zero-order valence-electron chi connectivity index (χ0n) is 17.4. The van der Waals surface area contributed by atoms with Crippen molar-refractivity contribution >= 4 is 17.5 Å². The van der Waals surface area contributed by atoms with E-state index in [2.05, 4.69) is 0 Å². The topological polar surface area (TPSA) is 86.0 Å². The molecule has 0 radical (unpaired) electrons. The quantitative estimate of drug-likeness (QED) is 0.604. The van der Waals surface area contributed by atoms with Crippen molar-refractivity contribution in [2.24, 2.45) is 0 Å². The molecule has 1 amide bonds. The maximum absolute atomic E-state index is 13.6. The molecule has 3 rings (SSSR count). The van der Waals surface area contributed by atoms with Gasteiger partial charge in [0.05, 0.1) is 23.7 Å². The van der Waals surface area contributed by atoms with Crippen LogP contribution in [0.2, 0.25) is 0 Å². The molecule has 0 saturated carbocycles. The third-order valence-electron chi connectivity index (χ3n) is 4.99. The average molecular weight is 489 g/mol. The lowest BCUT2D eigenvalue weighted by molar-refractivity contribution is -0.215. The van der Waals surface area contributed by atoms with Gasteiger partial charge in [-0.1, -0.05) is 0 Å². The van der Waals surface area contributed by atoms with Crippen LogP contribution in [0.4, 0.5) is 42.5 Å². The van der Waals surface area contributed by atoms with Crippen LogP contribution in [0.25, 0.3) is 0 Å². The monoisotopic (exact) mass is 489 g/mol. The van der Waals surface area contributed by atoms with Crippen molar-refractivity contribution < 1.29 is 45.7 Å². The predicted octanol–water partition coefficient (Wildman–Crippen LogP) is 4.86. The van der Waals surface area contributed by atoms with Gasteiger partial charge in [0.1, 0.15) is 18.5 Å². The summed E-state index contributed by atoms with van der Waals surface area (Å²) in [6, 6.07) is 9.36. The lowest BCUT2D eigenvalue weighted by Crippen LogP contribution is -2.42. The highest BCUT2D eigenvalue weighted by Gasteiger charge is 2.51. The summed E-state index contributed by atoms with van der Waals surface area (Å²) in [4.78, 5) is 12.5. The molecule has 1 aliphatic heterocycles. The van der Waals surface area contributed by atoms with Gasteiger partial charge in [-0.3, -0.25) is 4.90 Å². The molecule has 2 atom stereocenters. The Labute approximate surface area is 189 Å². The number of carboxylic acid groups (broad SMARTS) is 1. The fourth-order valence-electron chi connectivity index (χ4n) is 3.31. The normalized spacial score (nSPS) is 18.5. The number of carbonyl (C=O) groups is 1. The zero-order chi connectivity index (χ0) is 25.3. The molecule has 0 unspecified atom stereocenters. The Morgan fingerprint density at radius 1 is 1.21 bits per heavy atom. The molecular weight excluding hydrogens is 472 g/mol. The summed E-state index contributed by atoms with van der Waals surface area (Å²) in [5, 5.41) is 17.9. The Bertz CT molecular complexity index is 1080. The number of ether oxygens (including phenoxy) is 2. The van der Waals surface area contributed by atoms with E-state index in [-0.39, 0.29) is 12.4 Å². The SMILES string of the molecule is CN(C(=O)O)c1ccc(OC[C@@H]2CN(c3ccc(C#N)c(C(F)(F)F)c3)[C@@H](C(F)(F)F)O2)cc1. The third kappa shape index (κ3) is 5.45. The van der Waals surface area contributed by atoms with E-state index in [4.69, 9.17) is 19.8 Å². The van der Waals surface area contributed by atoms with Gasteiger partial charge in [0, 0.05) is 18.4 Å². The second-order valence-electron chi connectivity index (χ2n) is 7.29. The van der Waals surface area contributed by atoms with Gasteiger partial charge >= 0.3 is 18.4 Å². The van der Waals surface area contributed by atoms with Crippen molar-refractivity contribution in [2.45, 2.75) is 24.7 Å². The number of halogens is 6. The van der Waals surface area contributed by atoms with Crippen molar-refractivity contribution in [3.8, 4) is 11.8 Å². The van der Waals surface area contributed by atoms with E-state index in [0.717, 1.165) is 17.0 Å². The van der Waals surface area contributed by atoms with Gasteiger partial charge < -0.3 is 19.5 Å². The van der Waals surface area contributed by atoms with E-state index < -0.39 is 54.1 Å². The van der Waals surface area contributed by atoms with Crippen molar-refractivity contribution in [3.05, 3.63) is 53.6 Å². The summed E-state index contributed by atoms with van der Waals surface area (Å²) >= 11 is 0. The summed E-state index contributed by atoms with van der Waals surface area (Å²) in [7, 11) is 1.32. The van der Waals surface area contributed by atoms with E-state index in [0.29, 0.717) is 16.7 Å².